The molecule has 46 heavy (non-hydrogen) atoms. The Morgan fingerprint density at radius 1 is 0.283 bits per heavy atom. The van der Waals surface area contributed by atoms with E-state index in [1.54, 1.807) is 0 Å². The molecule has 12 N–H and O–H groups in total. The van der Waals surface area contributed by atoms with Gasteiger partial charge in [0.25, 0.3) is 0 Å². The number of rotatable bonds is 13. The molecular formula is C34H38O12. The van der Waals surface area contributed by atoms with E-state index >= 15 is 0 Å². The molecule has 12 nitrogen and oxygen atoms in total. The predicted octanol–water partition coefficient (Wildman–Crippen LogP) is 1.41. The molecule has 0 fully saturated rings. The standard InChI is InChI=1S/C34H38O12/c35-9-21-1-17(2-22(10-36)31(21)43)29(18-3-23(11-37)32(44)24(4-18)12-38)30(19-5-25(13-39)33(45)26(6-19)14-40)20-7-27(15-41)34(46)28(8-20)16-42/h1-8,29-30,35-46H,9-16H2. The molecule has 0 radical (unpaired) electrons. The molecule has 0 bridgehead atoms. The van der Waals surface area contributed by atoms with Crippen LogP contribution in [0.4, 0.5) is 0 Å². The zero-order valence-corrected chi connectivity index (χ0v) is 24.8. The maximum Gasteiger partial charge on any atom is 0.126 e. The van der Waals surface area contributed by atoms with Crippen molar-refractivity contribution in [3.8, 4) is 23.0 Å². The maximum atomic E-state index is 10.7. The summed E-state index contributed by atoms with van der Waals surface area (Å²) >= 11 is 0. The fourth-order valence-electron chi connectivity index (χ4n) is 5.99. The minimum atomic E-state index is -0.947. The van der Waals surface area contributed by atoms with Gasteiger partial charge in [-0.2, -0.15) is 0 Å². The van der Waals surface area contributed by atoms with Crippen LogP contribution in [0, 0.1) is 0 Å². The van der Waals surface area contributed by atoms with E-state index in [1.807, 2.05) is 0 Å². The predicted molar refractivity (Wildman–Crippen MR) is 163 cm³/mol. The first-order valence-corrected chi connectivity index (χ1v) is 14.4. The van der Waals surface area contributed by atoms with Crippen molar-refractivity contribution in [1.82, 2.24) is 0 Å². The summed E-state index contributed by atoms with van der Waals surface area (Å²) < 4.78 is 0. The van der Waals surface area contributed by atoms with E-state index in [4.69, 9.17) is 0 Å². The molecule has 4 aromatic carbocycles. The van der Waals surface area contributed by atoms with Crippen LogP contribution in [0.1, 0.15) is 78.6 Å². The highest BCUT2D eigenvalue weighted by Crippen LogP contribution is 2.48. The van der Waals surface area contributed by atoms with Crippen molar-refractivity contribution in [2.24, 2.45) is 0 Å². The Kier molecular flexibility index (Phi) is 11.2. The third-order valence-corrected chi connectivity index (χ3v) is 8.29. The Hall–Kier alpha value is -4.24. The number of aliphatic hydroxyl groups excluding tert-OH is 8. The second-order valence-corrected chi connectivity index (χ2v) is 11.0. The van der Waals surface area contributed by atoms with Crippen LogP contribution in [-0.2, 0) is 52.9 Å². The molecule has 0 spiro atoms. The van der Waals surface area contributed by atoms with Gasteiger partial charge in [-0.3, -0.25) is 0 Å². The van der Waals surface area contributed by atoms with Gasteiger partial charge in [0.05, 0.1) is 52.9 Å². The average Bonchev–Trinajstić information content (AvgIpc) is 3.08. The summed E-state index contributed by atoms with van der Waals surface area (Å²) in [6.45, 7) is -4.93. The van der Waals surface area contributed by atoms with Gasteiger partial charge in [-0.15, -0.1) is 0 Å². The highest BCUT2D eigenvalue weighted by molar-refractivity contribution is 5.57. The molecular weight excluding hydrogens is 600 g/mol. The topological polar surface area (TPSA) is 243 Å². The van der Waals surface area contributed by atoms with E-state index in [-0.39, 0.29) is 67.5 Å². The summed E-state index contributed by atoms with van der Waals surface area (Å²) in [6, 6.07) is 11.9. The second-order valence-electron chi connectivity index (χ2n) is 11.0. The molecule has 246 valence electrons. The average molecular weight is 639 g/mol. The van der Waals surface area contributed by atoms with E-state index < -0.39 is 64.7 Å². The SMILES string of the molecule is OCc1cc(C(c2cc(CO)c(O)c(CO)c2)C(c2cc(CO)c(O)c(CO)c2)c2cc(CO)c(O)c(CO)c2)cc(CO)c1O. The minimum Gasteiger partial charge on any atom is -0.507 e. The van der Waals surface area contributed by atoms with Crippen LogP contribution in [0.5, 0.6) is 23.0 Å². The summed E-state index contributed by atoms with van der Waals surface area (Å²) in [4.78, 5) is 0. The van der Waals surface area contributed by atoms with Gasteiger partial charge in [-0.05, 0) is 70.8 Å². The van der Waals surface area contributed by atoms with Crippen LogP contribution in [-0.4, -0.2) is 61.3 Å². The van der Waals surface area contributed by atoms with E-state index in [0.717, 1.165) is 0 Å². The fourth-order valence-corrected chi connectivity index (χ4v) is 5.99. The molecule has 4 rings (SSSR count). The number of aromatic hydroxyl groups is 4. The van der Waals surface area contributed by atoms with Crippen LogP contribution in [0.25, 0.3) is 0 Å². The van der Waals surface area contributed by atoms with Gasteiger partial charge in [-0.25, -0.2) is 0 Å². The van der Waals surface area contributed by atoms with Crippen molar-refractivity contribution in [1.29, 1.82) is 0 Å². The lowest BCUT2D eigenvalue weighted by atomic mass is 9.71. The molecule has 0 amide bonds. The van der Waals surface area contributed by atoms with Crippen molar-refractivity contribution in [2.75, 3.05) is 0 Å². The van der Waals surface area contributed by atoms with Gasteiger partial charge in [0, 0.05) is 56.3 Å². The number of hydrogen-bond donors (Lipinski definition) is 12. The minimum absolute atomic E-state index is 0.0597. The monoisotopic (exact) mass is 638 g/mol. The summed E-state index contributed by atoms with van der Waals surface area (Å²) in [7, 11) is 0. The second kappa shape index (κ2) is 14.9. The van der Waals surface area contributed by atoms with Crippen LogP contribution in [0.2, 0.25) is 0 Å². The molecule has 0 aliphatic heterocycles. The molecule has 0 aliphatic carbocycles. The first kappa shape index (κ1) is 34.6. The molecule has 0 atom stereocenters. The summed E-state index contributed by atoms with van der Waals surface area (Å²) in [5.41, 5.74) is 1.99. The van der Waals surface area contributed by atoms with Crippen molar-refractivity contribution in [3.63, 3.8) is 0 Å². The zero-order chi connectivity index (χ0) is 33.7. The highest BCUT2D eigenvalue weighted by Gasteiger charge is 2.33. The lowest BCUT2D eigenvalue weighted by molar-refractivity contribution is 0.261. The molecule has 4 aromatic rings. The van der Waals surface area contributed by atoms with Crippen molar-refractivity contribution >= 4 is 0 Å². The summed E-state index contributed by atoms with van der Waals surface area (Å²) in [5.74, 6) is -3.26. The maximum absolute atomic E-state index is 10.7. The van der Waals surface area contributed by atoms with Gasteiger partial charge in [0.1, 0.15) is 23.0 Å². The summed E-state index contributed by atoms with van der Waals surface area (Å²) in [6.07, 6.45) is 0. The van der Waals surface area contributed by atoms with Gasteiger partial charge < -0.3 is 61.3 Å². The van der Waals surface area contributed by atoms with Gasteiger partial charge in [-0.1, -0.05) is 0 Å². The first-order chi connectivity index (χ1) is 22.1. The molecule has 0 unspecified atom stereocenters. The van der Waals surface area contributed by atoms with Crippen molar-refractivity contribution in [2.45, 2.75) is 64.7 Å². The smallest absolute Gasteiger partial charge is 0.126 e. The van der Waals surface area contributed by atoms with Crippen molar-refractivity contribution in [3.05, 3.63) is 115 Å². The molecule has 0 heterocycles. The Bertz CT molecular complexity index is 1350. The summed E-state index contributed by atoms with van der Waals surface area (Å²) in [5, 5.41) is 124. The molecule has 0 aromatic heterocycles. The van der Waals surface area contributed by atoms with Crippen LogP contribution in [0.3, 0.4) is 0 Å². The van der Waals surface area contributed by atoms with E-state index in [9.17, 15) is 61.3 Å². The number of benzene rings is 4. The number of aliphatic hydroxyl groups is 8. The Balaban J connectivity index is 2.24. The molecule has 12 heteroatoms. The van der Waals surface area contributed by atoms with Gasteiger partial charge in [0.2, 0.25) is 0 Å². The third-order valence-electron chi connectivity index (χ3n) is 8.29. The number of phenols is 4. The molecule has 0 aliphatic rings. The lowest BCUT2D eigenvalue weighted by Gasteiger charge is -2.32. The highest BCUT2D eigenvalue weighted by atomic mass is 16.3. The largest absolute Gasteiger partial charge is 0.507 e. The first-order valence-electron chi connectivity index (χ1n) is 14.4. The number of hydrogen-bond acceptors (Lipinski definition) is 12. The van der Waals surface area contributed by atoms with Crippen LogP contribution >= 0.6 is 0 Å². The van der Waals surface area contributed by atoms with E-state index in [1.165, 1.54) is 48.5 Å². The van der Waals surface area contributed by atoms with Crippen LogP contribution in [0.15, 0.2) is 48.5 Å². The van der Waals surface area contributed by atoms with E-state index in [0.29, 0.717) is 22.3 Å². The van der Waals surface area contributed by atoms with Crippen molar-refractivity contribution < 1.29 is 61.3 Å². The Morgan fingerprint density at radius 3 is 0.522 bits per heavy atom. The third kappa shape index (κ3) is 6.51. The molecule has 0 saturated carbocycles. The Labute approximate surface area is 264 Å². The zero-order valence-electron chi connectivity index (χ0n) is 24.8. The van der Waals surface area contributed by atoms with E-state index in [2.05, 4.69) is 0 Å². The van der Waals surface area contributed by atoms with Gasteiger partial charge in [0.15, 0.2) is 0 Å². The lowest BCUT2D eigenvalue weighted by Crippen LogP contribution is -2.18. The quantitative estimate of drug-likeness (QED) is 0.0995. The Morgan fingerprint density at radius 2 is 0.413 bits per heavy atom. The fraction of sp³-hybridized carbons (Fsp3) is 0.294. The normalized spacial score (nSPS) is 11.6. The van der Waals surface area contributed by atoms with Crippen LogP contribution < -0.4 is 0 Å². The van der Waals surface area contributed by atoms with Gasteiger partial charge >= 0.3 is 0 Å². The molecule has 0 saturated heterocycles.